The minimum absolute atomic E-state index is 1.03. The maximum atomic E-state index is 4.08. The van der Waals surface area contributed by atoms with Gasteiger partial charge >= 0.3 is 0 Å². The molecule has 0 amide bonds. The molecule has 0 aliphatic heterocycles. The van der Waals surface area contributed by atoms with E-state index in [1.54, 1.807) is 6.33 Å². The second-order valence-corrected chi connectivity index (χ2v) is 2.03. The van der Waals surface area contributed by atoms with Gasteiger partial charge in [-0.2, -0.15) is 0 Å². The maximum absolute atomic E-state index is 4.08. The van der Waals surface area contributed by atoms with Crippen LogP contribution in [0.3, 0.4) is 0 Å². The first kappa shape index (κ1) is 6.08. The third kappa shape index (κ3) is 0.875. The van der Waals surface area contributed by atoms with Crippen LogP contribution < -0.4 is 0 Å². The van der Waals surface area contributed by atoms with Crippen LogP contribution in [-0.4, -0.2) is 9.55 Å². The molecule has 48 valence electrons. The quantitative estimate of drug-likeness (QED) is 0.550. The molecule has 1 heterocycles. The van der Waals surface area contributed by atoms with E-state index in [1.807, 2.05) is 24.6 Å². The minimum Gasteiger partial charge on any atom is -0.334 e. The molecule has 0 bridgehead atoms. The topological polar surface area (TPSA) is 17.8 Å². The molecule has 0 radical (unpaired) electrons. The Morgan fingerprint density at radius 3 is 2.67 bits per heavy atom. The van der Waals surface area contributed by atoms with E-state index in [0.29, 0.717) is 0 Å². The molecule has 9 heavy (non-hydrogen) atoms. The first-order chi connectivity index (χ1) is 4.25. The molecular weight excluding hydrogens is 112 g/mol. The average molecular weight is 122 g/mol. The molecule has 0 spiro atoms. The average Bonchev–Trinajstić information content (AvgIpc) is 2.12. The summed E-state index contributed by atoms with van der Waals surface area (Å²) in [6.07, 6.45) is 3.59. The van der Waals surface area contributed by atoms with Crippen molar-refractivity contribution < 1.29 is 0 Å². The van der Waals surface area contributed by atoms with Gasteiger partial charge in [-0.1, -0.05) is 6.58 Å². The summed E-state index contributed by atoms with van der Waals surface area (Å²) in [5.41, 5.74) is 2.13. The Morgan fingerprint density at radius 1 is 1.78 bits per heavy atom. The predicted molar refractivity (Wildman–Crippen MR) is 38.0 cm³/mol. The van der Waals surface area contributed by atoms with Crippen molar-refractivity contribution in [3.63, 3.8) is 0 Å². The van der Waals surface area contributed by atoms with E-state index in [1.165, 1.54) is 0 Å². The molecule has 1 aromatic rings. The summed E-state index contributed by atoms with van der Waals surface area (Å²) in [4.78, 5) is 4.08. The molecule has 2 heteroatoms. The molecule has 0 saturated heterocycles. The molecule has 0 fully saturated rings. The second kappa shape index (κ2) is 2.05. The van der Waals surface area contributed by atoms with Crippen molar-refractivity contribution in [2.24, 2.45) is 7.05 Å². The molecule has 1 aromatic heterocycles. The monoisotopic (exact) mass is 122 g/mol. The van der Waals surface area contributed by atoms with Crippen LogP contribution in [0.5, 0.6) is 0 Å². The van der Waals surface area contributed by atoms with E-state index in [2.05, 4.69) is 11.6 Å². The van der Waals surface area contributed by atoms with Gasteiger partial charge in [0.15, 0.2) is 0 Å². The number of hydrogen-bond acceptors (Lipinski definition) is 1. The van der Waals surface area contributed by atoms with Crippen LogP contribution in [0.15, 0.2) is 12.9 Å². The fourth-order valence-electron chi connectivity index (χ4n) is 0.848. The summed E-state index contributed by atoms with van der Waals surface area (Å²) in [7, 11) is 1.96. The van der Waals surface area contributed by atoms with Crippen LogP contribution in [0, 0.1) is 6.92 Å². The lowest BCUT2D eigenvalue weighted by atomic mass is 10.3. The van der Waals surface area contributed by atoms with Crippen LogP contribution in [0.2, 0.25) is 0 Å². The molecule has 0 unspecified atom stereocenters. The highest BCUT2D eigenvalue weighted by atomic mass is 15.0. The highest BCUT2D eigenvalue weighted by Gasteiger charge is 1.96. The van der Waals surface area contributed by atoms with Gasteiger partial charge in [0.05, 0.1) is 17.7 Å². The molecular formula is C7H10N2. The zero-order valence-electron chi connectivity index (χ0n) is 5.76. The summed E-state index contributed by atoms with van der Waals surface area (Å²) in [6, 6.07) is 0. The normalized spacial score (nSPS) is 9.56. The van der Waals surface area contributed by atoms with Crippen molar-refractivity contribution in [3.8, 4) is 0 Å². The van der Waals surface area contributed by atoms with Crippen molar-refractivity contribution >= 4 is 6.08 Å². The second-order valence-electron chi connectivity index (χ2n) is 2.03. The molecule has 1 rings (SSSR count). The van der Waals surface area contributed by atoms with Gasteiger partial charge in [0.25, 0.3) is 0 Å². The highest BCUT2D eigenvalue weighted by Crippen LogP contribution is 2.04. The van der Waals surface area contributed by atoms with E-state index < -0.39 is 0 Å². The van der Waals surface area contributed by atoms with Crippen molar-refractivity contribution in [1.29, 1.82) is 0 Å². The van der Waals surface area contributed by atoms with E-state index in [0.717, 1.165) is 11.4 Å². The smallest absolute Gasteiger partial charge is 0.0951 e. The summed E-state index contributed by atoms with van der Waals surface area (Å²) in [6.45, 7) is 5.63. The fraction of sp³-hybridized carbons (Fsp3) is 0.286. The van der Waals surface area contributed by atoms with Crippen LogP contribution in [0.4, 0.5) is 0 Å². The molecule has 0 aliphatic rings. The fourth-order valence-corrected chi connectivity index (χ4v) is 0.848. The number of rotatable bonds is 1. The summed E-state index contributed by atoms with van der Waals surface area (Å²) in [5.74, 6) is 0. The van der Waals surface area contributed by atoms with E-state index in [4.69, 9.17) is 0 Å². The number of aryl methyl sites for hydroxylation is 2. The molecule has 2 nitrogen and oxygen atoms in total. The van der Waals surface area contributed by atoms with E-state index in [-0.39, 0.29) is 0 Å². The van der Waals surface area contributed by atoms with Crippen LogP contribution >= 0.6 is 0 Å². The Morgan fingerprint density at radius 2 is 2.44 bits per heavy atom. The van der Waals surface area contributed by atoms with Gasteiger partial charge in [0.2, 0.25) is 0 Å². The molecule has 0 saturated carbocycles. The number of hydrogen-bond donors (Lipinski definition) is 0. The van der Waals surface area contributed by atoms with E-state index >= 15 is 0 Å². The van der Waals surface area contributed by atoms with E-state index in [9.17, 15) is 0 Å². The third-order valence-electron chi connectivity index (χ3n) is 1.37. The van der Waals surface area contributed by atoms with Crippen molar-refractivity contribution in [2.45, 2.75) is 6.92 Å². The Balaban J connectivity index is 3.22. The van der Waals surface area contributed by atoms with Crippen LogP contribution in [-0.2, 0) is 7.05 Å². The zero-order chi connectivity index (χ0) is 6.85. The third-order valence-corrected chi connectivity index (χ3v) is 1.37. The zero-order valence-corrected chi connectivity index (χ0v) is 5.76. The molecule has 0 N–H and O–H groups in total. The van der Waals surface area contributed by atoms with Gasteiger partial charge in [-0.3, -0.25) is 0 Å². The largest absolute Gasteiger partial charge is 0.334 e. The van der Waals surface area contributed by atoms with Gasteiger partial charge < -0.3 is 4.57 Å². The van der Waals surface area contributed by atoms with Crippen LogP contribution in [0.1, 0.15) is 11.4 Å². The summed E-state index contributed by atoms with van der Waals surface area (Å²) >= 11 is 0. The Kier molecular flexibility index (Phi) is 1.39. The first-order valence-corrected chi connectivity index (χ1v) is 2.86. The maximum Gasteiger partial charge on any atom is 0.0951 e. The number of imidazole rings is 1. The van der Waals surface area contributed by atoms with Crippen molar-refractivity contribution in [3.05, 3.63) is 24.3 Å². The van der Waals surface area contributed by atoms with Crippen molar-refractivity contribution in [1.82, 2.24) is 9.55 Å². The molecule has 0 aromatic carbocycles. The standard InChI is InChI=1S/C7H10N2/c1-4-7-6(2)8-5-9(7)3/h4-5H,1H2,2-3H3. The Hall–Kier alpha value is -1.05. The lowest BCUT2D eigenvalue weighted by Crippen LogP contribution is -1.87. The predicted octanol–water partition coefficient (Wildman–Crippen LogP) is 1.37. The van der Waals surface area contributed by atoms with Gasteiger partial charge in [-0.15, -0.1) is 0 Å². The minimum atomic E-state index is 1.03. The Labute approximate surface area is 54.8 Å². The van der Waals surface area contributed by atoms with Gasteiger partial charge in [0.1, 0.15) is 0 Å². The number of nitrogens with zero attached hydrogens (tertiary/aromatic N) is 2. The van der Waals surface area contributed by atoms with Gasteiger partial charge in [0, 0.05) is 7.05 Å². The lowest BCUT2D eigenvalue weighted by molar-refractivity contribution is 0.901. The molecule has 0 aliphatic carbocycles. The van der Waals surface area contributed by atoms with Gasteiger partial charge in [-0.25, -0.2) is 4.98 Å². The van der Waals surface area contributed by atoms with Crippen LogP contribution in [0.25, 0.3) is 6.08 Å². The lowest BCUT2D eigenvalue weighted by Gasteiger charge is -1.92. The van der Waals surface area contributed by atoms with Crippen molar-refractivity contribution in [2.75, 3.05) is 0 Å². The highest BCUT2D eigenvalue weighted by molar-refractivity contribution is 5.44. The summed E-state index contributed by atoms with van der Waals surface area (Å²) in [5, 5.41) is 0. The number of aromatic nitrogens is 2. The SMILES string of the molecule is C=Cc1c(C)ncn1C. The summed E-state index contributed by atoms with van der Waals surface area (Å²) < 4.78 is 1.95. The van der Waals surface area contributed by atoms with Gasteiger partial charge in [-0.05, 0) is 13.0 Å². The first-order valence-electron chi connectivity index (χ1n) is 2.86. The molecule has 0 atom stereocenters. The Bertz CT molecular complexity index is 203.